The van der Waals surface area contributed by atoms with Gasteiger partial charge in [0, 0.05) is 28.9 Å². The first-order valence-corrected chi connectivity index (χ1v) is 13.2. The van der Waals surface area contributed by atoms with Crippen LogP contribution >= 0.6 is 23.2 Å². The molecule has 0 spiro atoms. The van der Waals surface area contributed by atoms with Gasteiger partial charge >= 0.3 is 5.97 Å². The molecule has 194 valence electrons. The predicted molar refractivity (Wildman–Crippen MR) is 140 cm³/mol. The molecular weight excluding hydrogens is 543 g/mol. The second-order valence-electron chi connectivity index (χ2n) is 8.14. The summed E-state index contributed by atoms with van der Waals surface area (Å²) in [5, 5.41) is 0.482. The highest BCUT2D eigenvalue weighted by Gasteiger charge is 2.42. The summed E-state index contributed by atoms with van der Waals surface area (Å²) in [7, 11) is -4.13. The molecule has 0 saturated heterocycles. The zero-order chi connectivity index (χ0) is 26.8. The van der Waals surface area contributed by atoms with Crippen molar-refractivity contribution < 1.29 is 22.8 Å². The molecular formula is C23H22Cl2N6O5S. The number of benzene rings is 1. The van der Waals surface area contributed by atoms with Gasteiger partial charge in [0.25, 0.3) is 0 Å². The number of hydrogen-bond donors (Lipinski definition) is 4. The Kier molecular flexibility index (Phi) is 7.55. The van der Waals surface area contributed by atoms with E-state index in [0.29, 0.717) is 29.8 Å². The van der Waals surface area contributed by atoms with Crippen LogP contribution in [0.2, 0.25) is 10.3 Å². The highest BCUT2D eigenvalue weighted by Crippen LogP contribution is 2.39. The maximum atomic E-state index is 12.6. The number of carbonyl (C=O) groups is 2. The minimum atomic E-state index is -4.13. The Hall–Kier alpha value is -3.45. The van der Waals surface area contributed by atoms with Gasteiger partial charge in [0.1, 0.15) is 16.9 Å². The van der Waals surface area contributed by atoms with Crippen LogP contribution in [-0.4, -0.2) is 42.5 Å². The third-order valence-corrected chi connectivity index (χ3v) is 7.77. The van der Waals surface area contributed by atoms with Crippen molar-refractivity contribution in [2.24, 2.45) is 16.1 Å². The molecule has 5 N–H and O–H groups in total. The number of carbonyl (C=O) groups excluding carboxylic acids is 2. The van der Waals surface area contributed by atoms with Crippen LogP contribution in [0.1, 0.15) is 25.3 Å². The minimum absolute atomic E-state index is 0.121. The molecule has 1 aliphatic heterocycles. The van der Waals surface area contributed by atoms with E-state index in [4.69, 9.17) is 33.8 Å². The number of allylic oxidation sites excluding steroid dienone is 1. The fourth-order valence-electron chi connectivity index (χ4n) is 4.07. The summed E-state index contributed by atoms with van der Waals surface area (Å²) in [5.74, 6) is -1.46. The van der Waals surface area contributed by atoms with Gasteiger partial charge in [-0.2, -0.15) is 4.72 Å². The molecule has 37 heavy (non-hydrogen) atoms. The minimum Gasteiger partial charge on any atom is -0.369 e. The molecule has 1 atom stereocenters. The highest BCUT2D eigenvalue weighted by molar-refractivity contribution is 7.89. The number of aromatic nitrogens is 2. The summed E-state index contributed by atoms with van der Waals surface area (Å²) in [6.07, 6.45) is 5.86. The van der Waals surface area contributed by atoms with Crippen molar-refractivity contribution in [3.05, 3.63) is 64.7 Å². The van der Waals surface area contributed by atoms with E-state index in [9.17, 15) is 18.0 Å². The molecule has 2 aromatic heterocycles. The van der Waals surface area contributed by atoms with Crippen LogP contribution in [0, 0.1) is 5.41 Å². The van der Waals surface area contributed by atoms with Crippen LogP contribution in [0.4, 0.5) is 5.69 Å². The molecule has 1 aromatic carbocycles. The number of anilines is 1. The molecule has 0 saturated carbocycles. The zero-order valence-corrected chi connectivity index (χ0v) is 21.7. The van der Waals surface area contributed by atoms with Gasteiger partial charge in [-0.05, 0) is 43.2 Å². The Labute approximate surface area is 222 Å². The lowest BCUT2D eigenvalue weighted by Gasteiger charge is -2.33. The fraction of sp³-hybridized carbons (Fsp3) is 0.217. The summed E-state index contributed by atoms with van der Waals surface area (Å²) in [6.45, 7) is 1.15. The molecule has 4 rings (SSSR count). The topological polar surface area (TPSA) is 169 Å². The van der Waals surface area contributed by atoms with E-state index < -0.39 is 33.9 Å². The molecule has 0 aliphatic carbocycles. The van der Waals surface area contributed by atoms with Crippen LogP contribution in [0.25, 0.3) is 10.9 Å². The Morgan fingerprint density at radius 2 is 1.95 bits per heavy atom. The first-order valence-electron chi connectivity index (χ1n) is 11.0. The Balaban J connectivity index is 1.57. The van der Waals surface area contributed by atoms with Crippen LogP contribution in [0.3, 0.4) is 0 Å². The average Bonchev–Trinajstić information content (AvgIpc) is 3.34. The fourth-order valence-corrected chi connectivity index (χ4v) is 5.66. The van der Waals surface area contributed by atoms with Crippen LogP contribution in [0.15, 0.2) is 58.7 Å². The number of sulfonamides is 1. The van der Waals surface area contributed by atoms with E-state index in [1.165, 1.54) is 0 Å². The van der Waals surface area contributed by atoms with Crippen molar-refractivity contribution >= 4 is 67.4 Å². The molecule has 0 radical (unpaired) electrons. The Morgan fingerprint density at radius 1 is 1.22 bits per heavy atom. The number of aromatic amines is 1. The third kappa shape index (κ3) is 5.32. The number of rotatable bonds is 9. The summed E-state index contributed by atoms with van der Waals surface area (Å²) < 4.78 is 27.1. The molecule has 0 bridgehead atoms. The molecule has 3 aromatic rings. The van der Waals surface area contributed by atoms with E-state index in [0.717, 1.165) is 23.0 Å². The molecule has 3 heterocycles. The van der Waals surface area contributed by atoms with Crippen molar-refractivity contribution in [2.45, 2.75) is 24.7 Å². The number of amides is 1. The van der Waals surface area contributed by atoms with Gasteiger partial charge in [0.2, 0.25) is 15.9 Å². The van der Waals surface area contributed by atoms with Crippen molar-refractivity contribution in [3.63, 3.8) is 0 Å². The number of nitrogens with one attached hydrogen (secondary N) is 3. The van der Waals surface area contributed by atoms with Gasteiger partial charge in [-0.15, -0.1) is 0 Å². The molecule has 1 unspecified atom stereocenters. The maximum Gasteiger partial charge on any atom is 0.346 e. The summed E-state index contributed by atoms with van der Waals surface area (Å²) in [4.78, 5) is 41.2. The summed E-state index contributed by atoms with van der Waals surface area (Å²) in [5.41, 5.74) is 9.40. The van der Waals surface area contributed by atoms with Gasteiger partial charge in [0.15, 0.2) is 0 Å². The summed E-state index contributed by atoms with van der Waals surface area (Å²) >= 11 is 11.5. The van der Waals surface area contributed by atoms with Crippen molar-refractivity contribution in [3.8, 4) is 0 Å². The number of halogens is 2. The van der Waals surface area contributed by atoms with Crippen molar-refractivity contribution in [2.75, 3.05) is 12.0 Å². The number of aliphatic imine (C=N–C) groups is 1. The second kappa shape index (κ2) is 10.5. The van der Waals surface area contributed by atoms with E-state index in [1.54, 1.807) is 36.7 Å². The standard InChI is InChI=1S/C23H22Cl2N6O5S/c1-2-23(22(26)33)7-3-8-28-21(23)20-14-6-9-27-15(14)4-5-16(20)31-36-19(32)12-29-37(34,35)13-10-17(24)30-18(25)11-13/h3-6,8-11,27,29,31H,2,7,12H2,1H3,(H2,26,33). The second-order valence-corrected chi connectivity index (χ2v) is 10.7. The average molecular weight is 565 g/mol. The number of nitrogens with two attached hydrogens (primary N) is 1. The lowest BCUT2D eigenvalue weighted by Crippen LogP contribution is -2.44. The molecule has 0 fully saturated rings. The molecule has 1 amide bonds. The van der Waals surface area contributed by atoms with Gasteiger partial charge in [-0.25, -0.2) is 23.7 Å². The van der Waals surface area contributed by atoms with Crippen LogP contribution < -0.4 is 15.9 Å². The number of H-pyrrole nitrogens is 1. The van der Waals surface area contributed by atoms with Crippen LogP contribution in [-0.2, 0) is 24.4 Å². The van der Waals surface area contributed by atoms with Crippen molar-refractivity contribution in [1.82, 2.24) is 14.7 Å². The van der Waals surface area contributed by atoms with Crippen molar-refractivity contribution in [1.29, 1.82) is 0 Å². The van der Waals surface area contributed by atoms with Gasteiger partial charge in [-0.3, -0.25) is 9.79 Å². The lowest BCUT2D eigenvalue weighted by molar-refractivity contribution is -0.139. The van der Waals surface area contributed by atoms with E-state index in [-0.39, 0.29) is 15.2 Å². The number of primary amides is 1. The number of nitrogens with zero attached hydrogens (tertiary/aromatic N) is 2. The number of pyridine rings is 1. The third-order valence-electron chi connectivity index (χ3n) is 6.00. The van der Waals surface area contributed by atoms with Gasteiger partial charge in [0.05, 0.1) is 21.7 Å². The zero-order valence-electron chi connectivity index (χ0n) is 19.4. The first kappa shape index (κ1) is 26.6. The lowest BCUT2D eigenvalue weighted by atomic mass is 9.72. The maximum absolute atomic E-state index is 12.6. The van der Waals surface area contributed by atoms with E-state index >= 15 is 0 Å². The van der Waals surface area contributed by atoms with E-state index in [1.807, 2.05) is 6.92 Å². The first-order chi connectivity index (χ1) is 17.6. The van der Waals surface area contributed by atoms with E-state index in [2.05, 4.69) is 25.2 Å². The molecule has 11 nitrogen and oxygen atoms in total. The number of hydrogen-bond acceptors (Lipinski definition) is 8. The van der Waals surface area contributed by atoms with Gasteiger partial charge in [-0.1, -0.05) is 36.2 Å². The smallest absolute Gasteiger partial charge is 0.346 e. The van der Waals surface area contributed by atoms with Gasteiger partial charge < -0.3 is 15.6 Å². The summed E-state index contributed by atoms with van der Waals surface area (Å²) in [6, 6.07) is 7.39. The number of fused-ring (bicyclic) bond motifs is 1. The van der Waals surface area contributed by atoms with Crippen LogP contribution in [0.5, 0.6) is 0 Å². The molecule has 14 heteroatoms. The normalized spacial score (nSPS) is 17.4. The highest BCUT2D eigenvalue weighted by atomic mass is 35.5. The Bertz CT molecular complexity index is 1530. The SMILES string of the molecule is CCC1(C(N)=O)CC=CN=C1c1c(NOC(=O)CNS(=O)(=O)c2cc(Cl)nc(Cl)c2)ccc2[nH]ccc12. The quantitative estimate of drug-likeness (QED) is 0.228. The monoisotopic (exact) mass is 564 g/mol. The Morgan fingerprint density at radius 3 is 2.62 bits per heavy atom. The predicted octanol–water partition coefficient (Wildman–Crippen LogP) is 3.31. The largest absolute Gasteiger partial charge is 0.369 e. The molecule has 1 aliphatic rings.